The third-order valence-electron chi connectivity index (χ3n) is 3.51. The van der Waals surface area contributed by atoms with Gasteiger partial charge in [-0.25, -0.2) is 0 Å². The van der Waals surface area contributed by atoms with Gasteiger partial charge in [-0.3, -0.25) is 0 Å². The normalized spacial score (nSPS) is 14.4. The van der Waals surface area contributed by atoms with Crippen molar-refractivity contribution in [2.24, 2.45) is 0 Å². The summed E-state index contributed by atoms with van der Waals surface area (Å²) in [5.41, 5.74) is 5.74. The van der Waals surface area contributed by atoms with Gasteiger partial charge >= 0.3 is 0 Å². The van der Waals surface area contributed by atoms with Crippen molar-refractivity contribution in [3.8, 4) is 11.1 Å². The first-order valence-electron chi connectivity index (χ1n) is 6.21. The quantitative estimate of drug-likeness (QED) is 0.692. The van der Waals surface area contributed by atoms with E-state index in [2.05, 4.69) is 58.4 Å². The zero-order chi connectivity index (χ0) is 11.7. The van der Waals surface area contributed by atoms with Crippen LogP contribution in [0.4, 0.5) is 0 Å². The Balaban J connectivity index is 2.04. The molecular formula is C16H15Br. The molecule has 1 heteroatoms. The minimum Gasteiger partial charge on any atom is -0.0605 e. The Morgan fingerprint density at radius 3 is 2.35 bits per heavy atom. The third-order valence-corrected chi connectivity index (χ3v) is 4.00. The molecule has 0 fully saturated rings. The highest BCUT2D eigenvalue weighted by molar-refractivity contribution is 9.10. The molecule has 0 saturated heterocycles. The summed E-state index contributed by atoms with van der Waals surface area (Å²) < 4.78 is 1.15. The van der Waals surface area contributed by atoms with Gasteiger partial charge in [0.05, 0.1) is 0 Å². The number of fused-ring (bicyclic) bond motifs is 1. The van der Waals surface area contributed by atoms with Gasteiger partial charge in [0.25, 0.3) is 0 Å². The zero-order valence-electron chi connectivity index (χ0n) is 9.75. The van der Waals surface area contributed by atoms with E-state index in [1.807, 2.05) is 0 Å². The molecule has 0 radical (unpaired) electrons. The van der Waals surface area contributed by atoms with Crippen LogP contribution in [-0.4, -0.2) is 0 Å². The van der Waals surface area contributed by atoms with Crippen molar-refractivity contribution in [1.82, 2.24) is 0 Å². The van der Waals surface area contributed by atoms with Gasteiger partial charge in [-0.2, -0.15) is 0 Å². The fourth-order valence-electron chi connectivity index (χ4n) is 2.58. The van der Waals surface area contributed by atoms with Gasteiger partial charge < -0.3 is 0 Å². The molecule has 1 aliphatic carbocycles. The summed E-state index contributed by atoms with van der Waals surface area (Å²) in [6, 6.07) is 15.5. The van der Waals surface area contributed by atoms with E-state index in [1.54, 1.807) is 11.1 Å². The summed E-state index contributed by atoms with van der Waals surface area (Å²) in [5.74, 6) is 0. The molecule has 0 aliphatic heterocycles. The maximum absolute atomic E-state index is 3.53. The summed E-state index contributed by atoms with van der Waals surface area (Å²) >= 11 is 3.53. The lowest BCUT2D eigenvalue weighted by molar-refractivity contribution is 0.686. The van der Waals surface area contributed by atoms with Crippen molar-refractivity contribution in [2.45, 2.75) is 25.7 Å². The van der Waals surface area contributed by atoms with Gasteiger partial charge in [-0.05, 0) is 60.1 Å². The molecule has 0 N–H and O–H groups in total. The fraction of sp³-hybridized carbons (Fsp3) is 0.250. The highest BCUT2D eigenvalue weighted by Gasteiger charge is 2.10. The van der Waals surface area contributed by atoms with E-state index in [0.717, 1.165) is 4.47 Å². The van der Waals surface area contributed by atoms with Crippen molar-refractivity contribution in [3.05, 3.63) is 58.1 Å². The number of halogens is 1. The van der Waals surface area contributed by atoms with Gasteiger partial charge in [-0.1, -0.05) is 46.3 Å². The summed E-state index contributed by atoms with van der Waals surface area (Å²) in [7, 11) is 0. The topological polar surface area (TPSA) is 0 Å². The van der Waals surface area contributed by atoms with E-state index >= 15 is 0 Å². The Hall–Kier alpha value is -1.08. The Kier molecular flexibility index (Phi) is 3.02. The Labute approximate surface area is 111 Å². The highest BCUT2D eigenvalue weighted by atomic mass is 79.9. The maximum atomic E-state index is 3.53. The van der Waals surface area contributed by atoms with Crippen LogP contribution in [0.25, 0.3) is 11.1 Å². The van der Waals surface area contributed by atoms with Crippen LogP contribution in [-0.2, 0) is 12.8 Å². The molecule has 86 valence electrons. The summed E-state index contributed by atoms with van der Waals surface area (Å²) in [4.78, 5) is 0. The van der Waals surface area contributed by atoms with E-state index in [0.29, 0.717) is 0 Å². The average molecular weight is 287 g/mol. The first kappa shape index (κ1) is 11.0. The standard InChI is InChI=1S/C16H15Br/c17-16-7-3-6-14(11-16)15-9-8-12-4-1-2-5-13(12)10-15/h3,6-11H,1-2,4-5H2. The summed E-state index contributed by atoms with van der Waals surface area (Å²) in [6.45, 7) is 0. The van der Waals surface area contributed by atoms with E-state index in [9.17, 15) is 0 Å². The molecule has 0 aromatic heterocycles. The van der Waals surface area contributed by atoms with Crippen LogP contribution in [0.1, 0.15) is 24.0 Å². The Bertz CT molecular complexity index is 543. The molecule has 0 amide bonds. The molecule has 17 heavy (non-hydrogen) atoms. The fourth-order valence-corrected chi connectivity index (χ4v) is 2.98. The SMILES string of the molecule is Brc1cccc(-c2ccc3c(c2)CCCC3)c1. The molecule has 2 aromatic rings. The molecule has 0 spiro atoms. The van der Waals surface area contributed by atoms with Crippen molar-refractivity contribution < 1.29 is 0 Å². The van der Waals surface area contributed by atoms with Gasteiger partial charge in [0.15, 0.2) is 0 Å². The Morgan fingerprint density at radius 1 is 0.765 bits per heavy atom. The molecule has 0 bridgehead atoms. The minimum absolute atomic E-state index is 1.15. The van der Waals surface area contributed by atoms with Crippen LogP contribution in [0, 0.1) is 0 Å². The third kappa shape index (κ3) is 2.30. The van der Waals surface area contributed by atoms with Crippen LogP contribution < -0.4 is 0 Å². The van der Waals surface area contributed by atoms with Crippen LogP contribution in [0.2, 0.25) is 0 Å². The lowest BCUT2D eigenvalue weighted by Crippen LogP contribution is -2.02. The molecule has 3 rings (SSSR count). The molecule has 0 heterocycles. The molecule has 0 saturated carbocycles. The monoisotopic (exact) mass is 286 g/mol. The smallest absolute Gasteiger partial charge is 0.0181 e. The summed E-state index contributed by atoms with van der Waals surface area (Å²) in [6.07, 6.45) is 5.20. The van der Waals surface area contributed by atoms with E-state index in [-0.39, 0.29) is 0 Å². The number of rotatable bonds is 1. The van der Waals surface area contributed by atoms with Crippen molar-refractivity contribution >= 4 is 15.9 Å². The Morgan fingerprint density at radius 2 is 1.53 bits per heavy atom. The first-order valence-corrected chi connectivity index (χ1v) is 7.00. The van der Waals surface area contributed by atoms with Crippen LogP contribution in [0.15, 0.2) is 46.9 Å². The largest absolute Gasteiger partial charge is 0.0605 e. The van der Waals surface area contributed by atoms with Gasteiger partial charge in [0.2, 0.25) is 0 Å². The number of hydrogen-bond acceptors (Lipinski definition) is 0. The van der Waals surface area contributed by atoms with E-state index < -0.39 is 0 Å². The van der Waals surface area contributed by atoms with E-state index in [1.165, 1.54) is 36.8 Å². The first-order chi connectivity index (χ1) is 8.33. The van der Waals surface area contributed by atoms with E-state index in [4.69, 9.17) is 0 Å². The molecule has 0 nitrogen and oxygen atoms in total. The average Bonchev–Trinajstić information content (AvgIpc) is 2.38. The number of aryl methyl sites for hydroxylation is 2. The predicted octanol–water partition coefficient (Wildman–Crippen LogP) is 4.99. The van der Waals surface area contributed by atoms with Crippen LogP contribution in [0.5, 0.6) is 0 Å². The number of hydrogen-bond donors (Lipinski definition) is 0. The molecular weight excluding hydrogens is 272 g/mol. The lowest BCUT2D eigenvalue weighted by Gasteiger charge is -2.16. The van der Waals surface area contributed by atoms with Gasteiger partial charge in [-0.15, -0.1) is 0 Å². The second-order valence-corrected chi connectivity index (χ2v) is 5.62. The van der Waals surface area contributed by atoms with Crippen molar-refractivity contribution in [2.75, 3.05) is 0 Å². The predicted molar refractivity (Wildman–Crippen MR) is 76.2 cm³/mol. The second kappa shape index (κ2) is 4.66. The highest BCUT2D eigenvalue weighted by Crippen LogP contribution is 2.28. The second-order valence-electron chi connectivity index (χ2n) is 4.70. The molecule has 0 unspecified atom stereocenters. The van der Waals surface area contributed by atoms with Gasteiger partial charge in [0, 0.05) is 4.47 Å². The lowest BCUT2D eigenvalue weighted by atomic mass is 9.89. The summed E-state index contributed by atoms with van der Waals surface area (Å²) in [5, 5.41) is 0. The minimum atomic E-state index is 1.15. The molecule has 2 aromatic carbocycles. The van der Waals surface area contributed by atoms with Crippen molar-refractivity contribution in [1.29, 1.82) is 0 Å². The zero-order valence-corrected chi connectivity index (χ0v) is 11.3. The van der Waals surface area contributed by atoms with Gasteiger partial charge in [0.1, 0.15) is 0 Å². The molecule has 0 atom stereocenters. The van der Waals surface area contributed by atoms with Crippen molar-refractivity contribution in [3.63, 3.8) is 0 Å². The molecule has 1 aliphatic rings. The maximum Gasteiger partial charge on any atom is 0.0181 e. The number of benzene rings is 2. The van der Waals surface area contributed by atoms with Crippen LogP contribution in [0.3, 0.4) is 0 Å². The van der Waals surface area contributed by atoms with Crippen LogP contribution >= 0.6 is 15.9 Å².